The Morgan fingerprint density at radius 3 is 2.18 bits per heavy atom. The first-order valence-corrected chi connectivity index (χ1v) is 16.0. The zero-order chi connectivity index (χ0) is 26.1. The van der Waals surface area contributed by atoms with Gasteiger partial charge in [-0.15, -0.1) is 0 Å². The molecule has 0 aliphatic heterocycles. The second kappa shape index (κ2) is 13.9. The van der Waals surface area contributed by atoms with Crippen LogP contribution in [-0.4, -0.2) is 43.4 Å². The maximum Gasteiger partial charge on any atom is 0.192 e. The molecule has 196 valence electrons. The summed E-state index contributed by atoms with van der Waals surface area (Å²) in [6.07, 6.45) is 2.87. The van der Waals surface area contributed by atoms with Crippen LogP contribution in [0.15, 0.2) is 42.0 Å². The SMILES string of the molecule is CCC[C@H](O[Si](C)(C)C(C)(C)C)[C@H](C)[C@@H](O)/C(C)=C/[C@@H](C)[C@@H](O)[C@H](C)COCc1ccccc1. The molecule has 0 amide bonds. The summed E-state index contributed by atoms with van der Waals surface area (Å²) < 4.78 is 12.6. The van der Waals surface area contributed by atoms with E-state index in [1.807, 2.05) is 57.2 Å². The van der Waals surface area contributed by atoms with Crippen LogP contribution in [-0.2, 0) is 15.8 Å². The lowest BCUT2D eigenvalue weighted by Gasteiger charge is -2.42. The molecule has 0 aliphatic rings. The third-order valence-electron chi connectivity index (χ3n) is 7.52. The third kappa shape index (κ3) is 9.58. The fraction of sp³-hybridized carbons (Fsp3) is 0.724. The van der Waals surface area contributed by atoms with Gasteiger partial charge in [0, 0.05) is 17.8 Å². The fourth-order valence-corrected chi connectivity index (χ4v) is 5.50. The van der Waals surface area contributed by atoms with E-state index in [4.69, 9.17) is 9.16 Å². The molecule has 1 aromatic carbocycles. The molecule has 0 aliphatic carbocycles. The Balaban J connectivity index is 2.75. The number of aliphatic hydroxyl groups is 2. The zero-order valence-electron chi connectivity index (χ0n) is 23.5. The van der Waals surface area contributed by atoms with Crippen molar-refractivity contribution in [2.24, 2.45) is 17.8 Å². The lowest BCUT2D eigenvalue weighted by Crippen LogP contribution is -2.47. The molecule has 0 fully saturated rings. The molecular weight excluding hydrogens is 440 g/mol. The second-order valence-electron chi connectivity index (χ2n) is 11.7. The lowest BCUT2D eigenvalue weighted by molar-refractivity contribution is 0.0123. The van der Waals surface area contributed by atoms with Crippen LogP contribution in [0.2, 0.25) is 18.1 Å². The van der Waals surface area contributed by atoms with Crippen LogP contribution in [0.4, 0.5) is 0 Å². The van der Waals surface area contributed by atoms with Gasteiger partial charge >= 0.3 is 0 Å². The number of benzene rings is 1. The first-order chi connectivity index (χ1) is 15.7. The number of hydrogen-bond donors (Lipinski definition) is 2. The number of rotatable bonds is 14. The van der Waals surface area contributed by atoms with Gasteiger partial charge in [0.1, 0.15) is 0 Å². The van der Waals surface area contributed by atoms with Gasteiger partial charge in [0.05, 0.1) is 31.5 Å². The summed E-state index contributed by atoms with van der Waals surface area (Å²) in [7, 11) is -1.94. The van der Waals surface area contributed by atoms with Crippen molar-refractivity contribution >= 4 is 8.32 Å². The van der Waals surface area contributed by atoms with Gasteiger partial charge in [0.15, 0.2) is 8.32 Å². The summed E-state index contributed by atoms with van der Waals surface area (Å²) in [6, 6.07) is 10.1. The van der Waals surface area contributed by atoms with Gasteiger partial charge in [-0.3, -0.25) is 0 Å². The van der Waals surface area contributed by atoms with Crippen LogP contribution in [0.5, 0.6) is 0 Å². The molecule has 2 N–H and O–H groups in total. The van der Waals surface area contributed by atoms with Crippen LogP contribution in [0.25, 0.3) is 0 Å². The second-order valence-corrected chi connectivity index (χ2v) is 16.5. The molecular formula is C29H52O4Si. The van der Waals surface area contributed by atoms with Crippen LogP contribution < -0.4 is 0 Å². The summed E-state index contributed by atoms with van der Waals surface area (Å²) in [5, 5.41) is 22.2. The average molecular weight is 493 g/mol. The largest absolute Gasteiger partial charge is 0.414 e. The zero-order valence-corrected chi connectivity index (χ0v) is 24.5. The van der Waals surface area contributed by atoms with Crippen LogP contribution in [0.3, 0.4) is 0 Å². The molecule has 0 spiro atoms. The molecule has 0 unspecified atom stereocenters. The predicted octanol–water partition coefficient (Wildman–Crippen LogP) is 6.97. The molecule has 0 heterocycles. The first-order valence-electron chi connectivity index (χ1n) is 13.0. The van der Waals surface area contributed by atoms with Crippen molar-refractivity contribution in [1.82, 2.24) is 0 Å². The van der Waals surface area contributed by atoms with E-state index in [-0.39, 0.29) is 28.9 Å². The molecule has 1 aromatic rings. The molecule has 4 nitrogen and oxygen atoms in total. The smallest absolute Gasteiger partial charge is 0.192 e. The monoisotopic (exact) mass is 492 g/mol. The molecule has 0 bridgehead atoms. The number of aliphatic hydroxyl groups excluding tert-OH is 2. The molecule has 5 heteroatoms. The van der Waals surface area contributed by atoms with E-state index in [2.05, 4.69) is 47.7 Å². The lowest BCUT2D eigenvalue weighted by atomic mass is 9.87. The van der Waals surface area contributed by atoms with Crippen molar-refractivity contribution in [1.29, 1.82) is 0 Å². The van der Waals surface area contributed by atoms with E-state index in [1.165, 1.54) is 0 Å². The quantitative estimate of drug-likeness (QED) is 0.217. The van der Waals surface area contributed by atoms with Crippen molar-refractivity contribution in [3.8, 4) is 0 Å². The minimum atomic E-state index is -1.94. The van der Waals surface area contributed by atoms with E-state index in [1.54, 1.807) is 0 Å². The van der Waals surface area contributed by atoms with Gasteiger partial charge in [-0.2, -0.15) is 0 Å². The van der Waals surface area contributed by atoms with Crippen LogP contribution in [0.1, 0.15) is 73.8 Å². The molecule has 34 heavy (non-hydrogen) atoms. The summed E-state index contributed by atoms with van der Waals surface area (Å²) in [4.78, 5) is 0. The highest BCUT2D eigenvalue weighted by molar-refractivity contribution is 6.74. The summed E-state index contributed by atoms with van der Waals surface area (Å²) >= 11 is 0. The van der Waals surface area contributed by atoms with Crippen molar-refractivity contribution in [3.05, 3.63) is 47.5 Å². The molecule has 0 radical (unpaired) electrons. The Hall–Kier alpha value is -0.983. The number of ether oxygens (including phenoxy) is 1. The Kier molecular flexibility index (Phi) is 12.7. The summed E-state index contributed by atoms with van der Waals surface area (Å²) in [6.45, 7) is 22.6. The first kappa shape index (κ1) is 31.0. The van der Waals surface area contributed by atoms with Crippen LogP contribution >= 0.6 is 0 Å². The predicted molar refractivity (Wildman–Crippen MR) is 146 cm³/mol. The van der Waals surface area contributed by atoms with E-state index in [9.17, 15) is 10.2 Å². The molecule has 0 aromatic heterocycles. The van der Waals surface area contributed by atoms with Gasteiger partial charge in [-0.25, -0.2) is 0 Å². The average Bonchev–Trinajstić information content (AvgIpc) is 2.76. The fourth-order valence-electron chi connectivity index (χ4n) is 4.05. The van der Waals surface area contributed by atoms with Gasteiger partial charge in [0.2, 0.25) is 0 Å². The maximum atomic E-state index is 11.2. The van der Waals surface area contributed by atoms with Crippen molar-refractivity contribution in [2.75, 3.05) is 6.61 Å². The number of hydrogen-bond acceptors (Lipinski definition) is 4. The Morgan fingerprint density at radius 1 is 1.06 bits per heavy atom. The molecule has 6 atom stereocenters. The van der Waals surface area contributed by atoms with Crippen molar-refractivity contribution in [3.63, 3.8) is 0 Å². The van der Waals surface area contributed by atoms with Crippen molar-refractivity contribution in [2.45, 2.75) is 111 Å². The highest BCUT2D eigenvalue weighted by Gasteiger charge is 2.41. The topological polar surface area (TPSA) is 58.9 Å². The van der Waals surface area contributed by atoms with Gasteiger partial charge < -0.3 is 19.4 Å². The molecule has 0 saturated heterocycles. The Morgan fingerprint density at radius 2 is 1.65 bits per heavy atom. The minimum Gasteiger partial charge on any atom is -0.414 e. The van der Waals surface area contributed by atoms with E-state index >= 15 is 0 Å². The third-order valence-corrected chi connectivity index (χ3v) is 12.0. The maximum absolute atomic E-state index is 11.2. The molecule has 0 saturated carbocycles. The van der Waals surface area contributed by atoms with Crippen LogP contribution in [0, 0.1) is 17.8 Å². The van der Waals surface area contributed by atoms with E-state index in [0.717, 1.165) is 24.0 Å². The van der Waals surface area contributed by atoms with E-state index in [0.29, 0.717) is 13.2 Å². The standard InChI is InChI=1S/C29H52O4Si/c1-11-15-26(33-34(9,10)29(6,7)8)24(5)28(31)22(3)18-21(2)27(30)23(4)19-32-20-25-16-13-12-14-17-25/h12-14,16-18,21,23-24,26-28,30-31H,11,15,19-20H2,1-10H3/b22-18+/t21-,23-,24+,26+,27-,28+/m1/s1. The highest BCUT2D eigenvalue weighted by Crippen LogP contribution is 2.39. The van der Waals surface area contributed by atoms with E-state index < -0.39 is 20.5 Å². The summed E-state index contributed by atoms with van der Waals surface area (Å²) in [5.74, 6) is -0.100. The van der Waals surface area contributed by atoms with Crippen molar-refractivity contribution < 1.29 is 19.4 Å². The van der Waals surface area contributed by atoms with Gasteiger partial charge in [0.25, 0.3) is 0 Å². The molecule has 1 rings (SSSR count). The Labute approximate surface area is 210 Å². The van der Waals surface area contributed by atoms with Gasteiger partial charge in [-0.1, -0.05) is 91.3 Å². The normalized spacial score (nSPS) is 18.8. The highest BCUT2D eigenvalue weighted by atomic mass is 28.4. The van der Waals surface area contributed by atoms with Gasteiger partial charge in [-0.05, 0) is 42.6 Å². The Bertz CT molecular complexity index is 725. The minimum absolute atomic E-state index is 0.00733. The summed E-state index contributed by atoms with van der Waals surface area (Å²) in [5.41, 5.74) is 2.03.